The molecule has 2 unspecified atom stereocenters. The molecule has 1 fully saturated rings. The highest BCUT2D eigenvalue weighted by Gasteiger charge is 2.38. The van der Waals surface area contributed by atoms with Crippen molar-refractivity contribution >= 4 is 23.5 Å². The number of carboxylic acids is 1. The van der Waals surface area contributed by atoms with Crippen molar-refractivity contribution in [2.24, 2.45) is 5.92 Å². The van der Waals surface area contributed by atoms with Crippen LogP contribution in [-0.2, 0) is 9.53 Å². The van der Waals surface area contributed by atoms with Crippen molar-refractivity contribution in [3.63, 3.8) is 0 Å². The van der Waals surface area contributed by atoms with E-state index in [0.717, 1.165) is 5.56 Å². The molecule has 2 rings (SSSR count). The summed E-state index contributed by atoms with van der Waals surface area (Å²) in [6.45, 7) is 2.18. The number of aliphatic carboxylic acids is 1. The number of carboxylic acid groups (broad SMARTS) is 1. The van der Waals surface area contributed by atoms with Crippen LogP contribution in [0.25, 0.3) is 0 Å². The molecular formula is C14H16ClNO4. The quantitative estimate of drug-likeness (QED) is 0.924. The van der Waals surface area contributed by atoms with Crippen LogP contribution in [0.15, 0.2) is 18.2 Å². The molecule has 1 N–H and O–H groups in total. The van der Waals surface area contributed by atoms with Crippen molar-refractivity contribution in [3.8, 4) is 0 Å². The highest BCUT2D eigenvalue weighted by Crippen LogP contribution is 2.23. The highest BCUT2D eigenvalue weighted by atomic mass is 35.5. The van der Waals surface area contributed by atoms with Gasteiger partial charge in [0.1, 0.15) is 5.92 Å². The molecule has 1 heterocycles. The maximum atomic E-state index is 12.5. The fourth-order valence-corrected chi connectivity index (χ4v) is 2.59. The number of halogens is 1. The minimum atomic E-state index is -0.944. The molecule has 0 spiro atoms. The molecule has 5 nitrogen and oxygen atoms in total. The molecule has 1 aliphatic rings. The van der Waals surface area contributed by atoms with Gasteiger partial charge in [0.15, 0.2) is 0 Å². The molecule has 0 aliphatic carbocycles. The van der Waals surface area contributed by atoms with Crippen LogP contribution < -0.4 is 0 Å². The lowest BCUT2D eigenvalue weighted by molar-refractivity contribution is -0.142. The summed E-state index contributed by atoms with van der Waals surface area (Å²) in [7, 11) is 1.60. The first-order valence-corrected chi connectivity index (χ1v) is 6.63. The van der Waals surface area contributed by atoms with Gasteiger partial charge in [-0.15, -0.1) is 0 Å². The van der Waals surface area contributed by atoms with Gasteiger partial charge in [0.25, 0.3) is 5.91 Å². The fraction of sp³-hybridized carbons (Fsp3) is 0.429. The van der Waals surface area contributed by atoms with Crippen LogP contribution in [0.2, 0.25) is 5.02 Å². The maximum absolute atomic E-state index is 12.5. The van der Waals surface area contributed by atoms with Crippen molar-refractivity contribution in [3.05, 3.63) is 34.3 Å². The summed E-state index contributed by atoms with van der Waals surface area (Å²) in [5.41, 5.74) is 1.29. The zero-order chi connectivity index (χ0) is 14.9. The molecule has 0 aromatic heterocycles. The molecule has 6 heteroatoms. The molecule has 0 radical (unpaired) electrons. The SMILES string of the molecule is Cc1cc(Cl)ccc1C(=O)N(C)C1COCC1C(=O)O. The minimum Gasteiger partial charge on any atom is -0.481 e. The summed E-state index contributed by atoms with van der Waals surface area (Å²) in [5.74, 6) is -1.85. The third-order valence-corrected chi connectivity index (χ3v) is 3.84. The Hall–Kier alpha value is -1.59. The van der Waals surface area contributed by atoms with Crippen LogP contribution in [0.1, 0.15) is 15.9 Å². The topological polar surface area (TPSA) is 66.8 Å². The Morgan fingerprint density at radius 2 is 2.10 bits per heavy atom. The summed E-state index contributed by atoms with van der Waals surface area (Å²) in [5, 5.41) is 9.70. The van der Waals surface area contributed by atoms with Gasteiger partial charge in [0, 0.05) is 17.6 Å². The lowest BCUT2D eigenvalue weighted by atomic mass is 10.0. The molecule has 1 aromatic carbocycles. The number of ether oxygens (including phenoxy) is 1. The van der Waals surface area contributed by atoms with Gasteiger partial charge in [-0.3, -0.25) is 9.59 Å². The lowest BCUT2D eigenvalue weighted by Crippen LogP contribution is -2.44. The second-order valence-corrected chi connectivity index (χ2v) is 5.36. The van der Waals surface area contributed by atoms with Gasteiger partial charge in [0.05, 0.1) is 19.3 Å². The van der Waals surface area contributed by atoms with E-state index in [9.17, 15) is 9.59 Å². The number of likely N-dealkylation sites (N-methyl/N-ethyl adjacent to an activating group) is 1. The Bertz CT molecular complexity index is 546. The van der Waals surface area contributed by atoms with E-state index in [2.05, 4.69) is 0 Å². The normalized spacial score (nSPS) is 21.8. The van der Waals surface area contributed by atoms with E-state index in [1.165, 1.54) is 4.90 Å². The lowest BCUT2D eigenvalue weighted by Gasteiger charge is -2.27. The van der Waals surface area contributed by atoms with Crippen molar-refractivity contribution in [2.75, 3.05) is 20.3 Å². The Morgan fingerprint density at radius 3 is 2.70 bits per heavy atom. The number of nitrogens with zero attached hydrogens (tertiary/aromatic N) is 1. The number of benzene rings is 1. The van der Waals surface area contributed by atoms with Gasteiger partial charge in [-0.1, -0.05) is 11.6 Å². The third kappa shape index (κ3) is 2.78. The smallest absolute Gasteiger partial charge is 0.311 e. The van der Waals surface area contributed by atoms with Crippen LogP contribution in [0, 0.1) is 12.8 Å². The summed E-state index contributed by atoms with van der Waals surface area (Å²) in [4.78, 5) is 25.1. The van der Waals surface area contributed by atoms with E-state index < -0.39 is 17.9 Å². The van der Waals surface area contributed by atoms with Gasteiger partial charge in [-0.2, -0.15) is 0 Å². The van der Waals surface area contributed by atoms with Crippen LogP contribution in [-0.4, -0.2) is 48.2 Å². The Balaban J connectivity index is 2.22. The zero-order valence-corrected chi connectivity index (χ0v) is 12.1. The van der Waals surface area contributed by atoms with Crippen LogP contribution in [0.3, 0.4) is 0 Å². The van der Waals surface area contributed by atoms with Crippen molar-refractivity contribution < 1.29 is 19.4 Å². The van der Waals surface area contributed by atoms with E-state index in [1.807, 2.05) is 0 Å². The van der Waals surface area contributed by atoms with Crippen molar-refractivity contribution in [2.45, 2.75) is 13.0 Å². The molecule has 1 aliphatic heterocycles. The number of aryl methyl sites for hydroxylation is 1. The van der Waals surface area contributed by atoms with E-state index in [4.69, 9.17) is 21.4 Å². The van der Waals surface area contributed by atoms with E-state index >= 15 is 0 Å². The number of amides is 1. The van der Waals surface area contributed by atoms with Gasteiger partial charge in [-0.25, -0.2) is 0 Å². The summed E-state index contributed by atoms with van der Waals surface area (Å²) in [6.07, 6.45) is 0. The van der Waals surface area contributed by atoms with Crippen LogP contribution in [0.4, 0.5) is 0 Å². The second-order valence-electron chi connectivity index (χ2n) is 4.92. The summed E-state index contributed by atoms with van der Waals surface area (Å²) in [6, 6.07) is 4.56. The maximum Gasteiger partial charge on any atom is 0.311 e. The molecule has 20 heavy (non-hydrogen) atoms. The zero-order valence-electron chi connectivity index (χ0n) is 11.3. The van der Waals surface area contributed by atoms with E-state index in [-0.39, 0.29) is 19.1 Å². The third-order valence-electron chi connectivity index (χ3n) is 3.60. The van der Waals surface area contributed by atoms with Crippen LogP contribution in [0.5, 0.6) is 0 Å². The van der Waals surface area contributed by atoms with Gasteiger partial charge >= 0.3 is 5.97 Å². The molecule has 108 valence electrons. The molecular weight excluding hydrogens is 282 g/mol. The average molecular weight is 298 g/mol. The Morgan fingerprint density at radius 1 is 1.40 bits per heavy atom. The van der Waals surface area contributed by atoms with Gasteiger partial charge in [-0.05, 0) is 30.7 Å². The average Bonchev–Trinajstić information content (AvgIpc) is 2.86. The van der Waals surface area contributed by atoms with Crippen molar-refractivity contribution in [1.82, 2.24) is 4.90 Å². The Kier molecular flexibility index (Phi) is 4.30. The van der Waals surface area contributed by atoms with Crippen LogP contribution >= 0.6 is 11.6 Å². The number of carbonyl (C=O) groups excluding carboxylic acids is 1. The highest BCUT2D eigenvalue weighted by molar-refractivity contribution is 6.30. The first kappa shape index (κ1) is 14.8. The molecule has 1 saturated heterocycles. The molecule has 2 atom stereocenters. The minimum absolute atomic E-state index is 0.136. The molecule has 0 saturated carbocycles. The first-order chi connectivity index (χ1) is 9.41. The monoisotopic (exact) mass is 297 g/mol. The van der Waals surface area contributed by atoms with E-state index in [0.29, 0.717) is 10.6 Å². The molecule has 0 bridgehead atoms. The number of hydrogen-bond acceptors (Lipinski definition) is 3. The summed E-state index contributed by atoms with van der Waals surface area (Å²) < 4.78 is 5.19. The first-order valence-electron chi connectivity index (χ1n) is 6.25. The number of hydrogen-bond donors (Lipinski definition) is 1. The standard InChI is InChI=1S/C14H16ClNO4/c1-8-5-9(15)3-4-10(8)13(17)16(2)12-7-20-6-11(12)14(18)19/h3-5,11-12H,6-7H2,1-2H3,(H,18,19). The van der Waals surface area contributed by atoms with E-state index in [1.54, 1.807) is 32.2 Å². The van der Waals surface area contributed by atoms with Gasteiger partial charge in [0.2, 0.25) is 0 Å². The number of rotatable bonds is 3. The molecule has 1 amide bonds. The Labute approximate surface area is 122 Å². The largest absolute Gasteiger partial charge is 0.481 e. The van der Waals surface area contributed by atoms with Gasteiger partial charge < -0.3 is 14.7 Å². The van der Waals surface area contributed by atoms with Crippen molar-refractivity contribution in [1.29, 1.82) is 0 Å². The second kappa shape index (κ2) is 5.81. The fourth-order valence-electron chi connectivity index (χ4n) is 2.37. The summed E-state index contributed by atoms with van der Waals surface area (Å²) >= 11 is 5.87. The predicted octanol–water partition coefficient (Wildman–Crippen LogP) is 1.82. The molecule has 1 aromatic rings. The number of carbonyl (C=O) groups is 2. The predicted molar refractivity (Wildman–Crippen MR) is 74.0 cm³/mol.